The third-order valence-corrected chi connectivity index (χ3v) is 5.32. The lowest BCUT2D eigenvalue weighted by Gasteiger charge is -2.19. The maximum atomic E-state index is 12.8. The van der Waals surface area contributed by atoms with Crippen LogP contribution in [0.3, 0.4) is 0 Å². The minimum atomic E-state index is -0.658. The molecule has 0 aliphatic heterocycles. The number of nitrogens with one attached hydrogen (secondary N) is 3. The molecule has 8 nitrogen and oxygen atoms in total. The van der Waals surface area contributed by atoms with Gasteiger partial charge >= 0.3 is 6.09 Å². The van der Waals surface area contributed by atoms with E-state index in [2.05, 4.69) is 27.4 Å². The number of amidine groups is 1. The molecule has 0 aromatic heterocycles. The lowest BCUT2D eigenvalue weighted by Crippen LogP contribution is -2.36. The molecular weight excluding hydrogens is 466 g/mol. The molecule has 2 aromatic carbocycles. The Morgan fingerprint density at radius 1 is 1.03 bits per heavy atom. The molecule has 0 heterocycles. The number of anilines is 1. The van der Waals surface area contributed by atoms with Crippen LogP contribution in [0, 0.1) is 24.2 Å². The van der Waals surface area contributed by atoms with Gasteiger partial charge in [-0.2, -0.15) is 0 Å². The van der Waals surface area contributed by atoms with Crippen molar-refractivity contribution in [3.63, 3.8) is 0 Å². The Morgan fingerprint density at radius 3 is 2.30 bits per heavy atom. The number of hydrogen-bond donors (Lipinski definition) is 3. The summed E-state index contributed by atoms with van der Waals surface area (Å²) in [4.78, 5) is 28.5. The van der Waals surface area contributed by atoms with Gasteiger partial charge in [-0.3, -0.25) is 15.5 Å². The van der Waals surface area contributed by atoms with Crippen LogP contribution < -0.4 is 10.6 Å². The van der Waals surface area contributed by atoms with Gasteiger partial charge in [0.05, 0.1) is 6.54 Å². The summed E-state index contributed by atoms with van der Waals surface area (Å²) in [5.41, 5.74) is 3.24. The highest BCUT2D eigenvalue weighted by molar-refractivity contribution is 6.04. The third kappa shape index (κ3) is 10.4. The van der Waals surface area contributed by atoms with Gasteiger partial charge in [0.15, 0.2) is 0 Å². The lowest BCUT2D eigenvalue weighted by atomic mass is 10.0. The highest BCUT2D eigenvalue weighted by atomic mass is 16.6. The molecule has 0 radical (unpaired) electrons. The van der Waals surface area contributed by atoms with Crippen LogP contribution in [0.15, 0.2) is 42.5 Å². The van der Waals surface area contributed by atoms with Crippen LogP contribution in [0.1, 0.15) is 54.2 Å². The Hall–Kier alpha value is -3.83. The molecule has 0 unspecified atom stereocenters. The molecule has 0 saturated heterocycles. The average Bonchev–Trinajstić information content (AvgIpc) is 2.80. The van der Waals surface area contributed by atoms with Crippen LogP contribution in [-0.2, 0) is 4.74 Å². The molecule has 0 aliphatic carbocycles. The van der Waals surface area contributed by atoms with Crippen molar-refractivity contribution in [2.24, 2.45) is 0 Å². The van der Waals surface area contributed by atoms with Gasteiger partial charge in [-0.15, -0.1) is 0 Å². The third-order valence-electron chi connectivity index (χ3n) is 5.32. The van der Waals surface area contributed by atoms with Crippen molar-refractivity contribution in [2.45, 2.75) is 39.7 Å². The smallest absolute Gasteiger partial charge is 0.413 e. The maximum absolute atomic E-state index is 12.8. The predicted octanol–water partition coefficient (Wildman–Crippen LogP) is 4.33. The van der Waals surface area contributed by atoms with Crippen molar-refractivity contribution in [1.82, 2.24) is 15.1 Å². The standard InChI is InChI=1S/C29H39N5O3/c1-21-20-22(11-16-25(21)27(35)34(7)19-9-18-33(5)6)10-8-17-31-24-14-12-23(13-15-24)26(30)32-28(36)37-29(2,3)4/h11-16,20,31H,9,17-19H2,1-7H3,(H2,30,32,36). The largest absolute Gasteiger partial charge is 0.444 e. The van der Waals surface area contributed by atoms with E-state index in [0.717, 1.165) is 29.8 Å². The van der Waals surface area contributed by atoms with Crippen molar-refractivity contribution < 1.29 is 14.3 Å². The number of ether oxygens (including phenoxy) is 1. The Morgan fingerprint density at radius 2 is 1.70 bits per heavy atom. The van der Waals surface area contributed by atoms with Crippen LogP contribution in [0.4, 0.5) is 10.5 Å². The molecule has 198 valence electrons. The van der Waals surface area contributed by atoms with Crippen LogP contribution in [0.2, 0.25) is 0 Å². The van der Waals surface area contributed by atoms with Gasteiger partial charge in [-0.25, -0.2) is 4.79 Å². The molecular formula is C29H39N5O3. The Balaban J connectivity index is 1.88. The summed E-state index contributed by atoms with van der Waals surface area (Å²) in [5.74, 6) is 6.22. The number of aryl methyl sites for hydroxylation is 1. The summed E-state index contributed by atoms with van der Waals surface area (Å²) in [7, 11) is 5.89. The molecule has 2 aromatic rings. The predicted molar refractivity (Wildman–Crippen MR) is 149 cm³/mol. The number of carbonyl (C=O) groups is 2. The van der Waals surface area contributed by atoms with Gasteiger partial charge in [0, 0.05) is 36.0 Å². The second kappa shape index (κ2) is 13.5. The van der Waals surface area contributed by atoms with Crippen LogP contribution in [-0.4, -0.2) is 74.0 Å². The summed E-state index contributed by atoms with van der Waals surface area (Å²) in [6.07, 6.45) is 0.272. The van der Waals surface area contributed by atoms with E-state index in [1.54, 1.807) is 37.8 Å². The summed E-state index contributed by atoms with van der Waals surface area (Å²) in [6, 6.07) is 12.8. The summed E-state index contributed by atoms with van der Waals surface area (Å²) in [5, 5.41) is 13.7. The number of alkyl carbamates (subject to hydrolysis) is 1. The van der Waals surface area contributed by atoms with Crippen LogP contribution in [0.25, 0.3) is 0 Å². The summed E-state index contributed by atoms with van der Waals surface area (Å²) in [6.45, 7) is 9.33. The van der Waals surface area contributed by atoms with E-state index < -0.39 is 11.7 Å². The number of rotatable bonds is 8. The van der Waals surface area contributed by atoms with Gasteiger partial charge in [0.2, 0.25) is 0 Å². The first-order chi connectivity index (χ1) is 17.4. The number of hydrogen-bond acceptors (Lipinski definition) is 6. The van der Waals surface area contributed by atoms with E-state index in [9.17, 15) is 9.59 Å². The van der Waals surface area contributed by atoms with E-state index in [1.807, 2.05) is 58.4 Å². The molecule has 8 heteroatoms. The zero-order valence-electron chi connectivity index (χ0n) is 23.0. The van der Waals surface area contributed by atoms with E-state index in [-0.39, 0.29) is 11.7 Å². The van der Waals surface area contributed by atoms with Crippen molar-refractivity contribution in [3.8, 4) is 11.8 Å². The van der Waals surface area contributed by atoms with Crippen molar-refractivity contribution in [1.29, 1.82) is 5.41 Å². The van der Waals surface area contributed by atoms with Crippen LogP contribution >= 0.6 is 0 Å². The van der Waals surface area contributed by atoms with Crippen molar-refractivity contribution >= 4 is 23.5 Å². The SMILES string of the molecule is Cc1cc(C#CCNc2ccc(C(=N)NC(=O)OC(C)(C)C)cc2)ccc1C(=O)N(C)CCCN(C)C. The topological polar surface area (TPSA) is 97.8 Å². The Labute approximate surface area is 220 Å². The second-order valence-electron chi connectivity index (χ2n) is 10.1. The fourth-order valence-electron chi connectivity index (χ4n) is 3.44. The number of carbonyl (C=O) groups excluding carboxylic acids is 2. The zero-order chi connectivity index (χ0) is 27.6. The lowest BCUT2D eigenvalue weighted by molar-refractivity contribution is 0.0562. The van der Waals surface area contributed by atoms with Crippen molar-refractivity contribution in [2.75, 3.05) is 46.1 Å². The molecule has 37 heavy (non-hydrogen) atoms. The van der Waals surface area contributed by atoms with E-state index in [0.29, 0.717) is 24.2 Å². The molecule has 0 saturated carbocycles. The quantitative estimate of drug-likeness (QED) is 0.282. The van der Waals surface area contributed by atoms with Gasteiger partial charge in [-0.1, -0.05) is 11.8 Å². The zero-order valence-corrected chi connectivity index (χ0v) is 23.0. The number of amides is 2. The fourth-order valence-corrected chi connectivity index (χ4v) is 3.44. The normalized spacial score (nSPS) is 10.8. The highest BCUT2D eigenvalue weighted by Crippen LogP contribution is 2.14. The number of benzene rings is 2. The molecule has 0 spiro atoms. The molecule has 0 bridgehead atoms. The average molecular weight is 506 g/mol. The van der Waals surface area contributed by atoms with Crippen molar-refractivity contribution in [3.05, 3.63) is 64.7 Å². The van der Waals surface area contributed by atoms with Gasteiger partial charge < -0.3 is 19.9 Å². The van der Waals surface area contributed by atoms with E-state index >= 15 is 0 Å². The highest BCUT2D eigenvalue weighted by Gasteiger charge is 2.17. The van der Waals surface area contributed by atoms with Gasteiger partial charge in [-0.05, 0) is 103 Å². The first-order valence-electron chi connectivity index (χ1n) is 12.3. The van der Waals surface area contributed by atoms with Gasteiger partial charge in [0.25, 0.3) is 5.91 Å². The van der Waals surface area contributed by atoms with Crippen LogP contribution in [0.5, 0.6) is 0 Å². The fraction of sp³-hybridized carbons (Fsp3) is 0.414. The van der Waals surface area contributed by atoms with E-state index in [4.69, 9.17) is 10.1 Å². The monoisotopic (exact) mass is 505 g/mol. The Kier molecular flexibility index (Phi) is 10.7. The maximum Gasteiger partial charge on any atom is 0.413 e. The first kappa shape index (κ1) is 29.4. The summed E-state index contributed by atoms with van der Waals surface area (Å²) < 4.78 is 5.17. The Bertz CT molecular complexity index is 1150. The molecule has 3 N–H and O–H groups in total. The van der Waals surface area contributed by atoms with Gasteiger partial charge in [0.1, 0.15) is 11.4 Å². The second-order valence-corrected chi connectivity index (χ2v) is 10.1. The molecule has 0 fully saturated rings. The minimum absolute atomic E-state index is 0.0234. The molecule has 0 aliphatic rings. The number of nitrogens with zero attached hydrogens (tertiary/aromatic N) is 2. The van der Waals surface area contributed by atoms with E-state index in [1.165, 1.54) is 0 Å². The molecule has 2 rings (SSSR count). The first-order valence-corrected chi connectivity index (χ1v) is 12.3. The minimum Gasteiger partial charge on any atom is -0.444 e. The summed E-state index contributed by atoms with van der Waals surface area (Å²) >= 11 is 0. The molecule has 0 atom stereocenters. The molecule has 2 amide bonds.